The fourth-order valence-electron chi connectivity index (χ4n) is 2.76. The lowest BCUT2D eigenvalue weighted by molar-refractivity contribution is -0.151. The summed E-state index contributed by atoms with van der Waals surface area (Å²) < 4.78 is 11.8. The number of hydrogen-bond acceptors (Lipinski definition) is 3. The molecule has 0 bridgehead atoms. The van der Waals surface area contributed by atoms with E-state index in [-0.39, 0.29) is 5.60 Å². The first-order valence-electron chi connectivity index (χ1n) is 6.97. The van der Waals surface area contributed by atoms with E-state index in [4.69, 9.17) is 9.47 Å². The molecule has 0 radical (unpaired) electrons. The van der Waals surface area contributed by atoms with Crippen molar-refractivity contribution in [2.45, 2.75) is 57.5 Å². The van der Waals surface area contributed by atoms with Gasteiger partial charge in [0.2, 0.25) is 0 Å². The van der Waals surface area contributed by atoms with Gasteiger partial charge in [-0.25, -0.2) is 0 Å². The maximum Gasteiger partial charge on any atom is 0.118 e. The first kappa shape index (κ1) is 14.5. The predicted octanol–water partition coefficient (Wildman–Crippen LogP) is 2.91. The Morgan fingerprint density at radius 1 is 1.32 bits per heavy atom. The first-order valence-corrected chi connectivity index (χ1v) is 6.97. The van der Waals surface area contributed by atoms with Crippen LogP contribution in [-0.4, -0.2) is 29.0 Å². The van der Waals surface area contributed by atoms with Crippen molar-refractivity contribution in [3.8, 4) is 0 Å². The van der Waals surface area contributed by atoms with Gasteiger partial charge in [0.25, 0.3) is 0 Å². The predicted molar refractivity (Wildman–Crippen MR) is 74.9 cm³/mol. The third kappa shape index (κ3) is 3.35. The summed E-state index contributed by atoms with van der Waals surface area (Å²) in [6.07, 6.45) is 0.963. The van der Waals surface area contributed by atoms with Crippen LogP contribution in [-0.2, 0) is 16.1 Å². The van der Waals surface area contributed by atoms with Crippen LogP contribution < -0.4 is 0 Å². The number of hydrogen-bond donors (Lipinski definition) is 1. The fraction of sp³-hybridized carbons (Fsp3) is 0.625. The van der Waals surface area contributed by atoms with Crippen molar-refractivity contribution in [3.05, 3.63) is 35.9 Å². The Morgan fingerprint density at radius 2 is 2.00 bits per heavy atom. The van der Waals surface area contributed by atoms with E-state index in [2.05, 4.69) is 0 Å². The number of rotatable bonds is 5. The highest BCUT2D eigenvalue weighted by atomic mass is 16.6. The van der Waals surface area contributed by atoms with Crippen LogP contribution in [0.1, 0.15) is 39.2 Å². The Hall–Kier alpha value is -0.900. The summed E-state index contributed by atoms with van der Waals surface area (Å²) in [5.41, 5.74) is 0.310. The Kier molecular flexibility index (Phi) is 4.29. The highest BCUT2D eigenvalue weighted by molar-refractivity contribution is 5.13. The van der Waals surface area contributed by atoms with Crippen molar-refractivity contribution in [1.82, 2.24) is 0 Å². The highest BCUT2D eigenvalue weighted by Crippen LogP contribution is 2.40. The van der Waals surface area contributed by atoms with E-state index < -0.39 is 11.7 Å². The lowest BCUT2D eigenvalue weighted by Gasteiger charge is -2.32. The van der Waals surface area contributed by atoms with E-state index >= 15 is 0 Å². The Labute approximate surface area is 115 Å². The molecule has 1 saturated heterocycles. The molecule has 106 valence electrons. The van der Waals surface area contributed by atoms with Gasteiger partial charge in [0.05, 0.1) is 24.9 Å². The van der Waals surface area contributed by atoms with Crippen LogP contribution in [0.5, 0.6) is 0 Å². The van der Waals surface area contributed by atoms with Gasteiger partial charge in [-0.2, -0.15) is 0 Å². The summed E-state index contributed by atoms with van der Waals surface area (Å²) in [5.74, 6) is 0. The van der Waals surface area contributed by atoms with Crippen LogP contribution >= 0.6 is 0 Å². The zero-order chi connectivity index (χ0) is 13.9. The smallest absolute Gasteiger partial charge is 0.118 e. The lowest BCUT2D eigenvalue weighted by Crippen LogP contribution is -2.44. The normalized spacial score (nSPS) is 29.6. The standard InChI is InChI=1S/C16H24O3/c1-4-16(14(17)10-15(2,3)19-16)12-18-11-13-8-6-5-7-9-13/h5-9,14,17H,4,10-12H2,1-3H3. The average molecular weight is 264 g/mol. The molecule has 0 amide bonds. The number of benzene rings is 1. The van der Waals surface area contributed by atoms with Crippen molar-refractivity contribution in [3.63, 3.8) is 0 Å². The SMILES string of the molecule is CCC1(COCc2ccccc2)OC(C)(C)CC1O. The van der Waals surface area contributed by atoms with Crippen LogP contribution in [0.4, 0.5) is 0 Å². The molecule has 1 fully saturated rings. The lowest BCUT2D eigenvalue weighted by atomic mass is 9.92. The molecule has 2 unspecified atom stereocenters. The van der Waals surface area contributed by atoms with E-state index in [1.807, 2.05) is 51.1 Å². The van der Waals surface area contributed by atoms with Crippen LogP contribution in [0.2, 0.25) is 0 Å². The third-order valence-corrected chi connectivity index (χ3v) is 3.83. The minimum atomic E-state index is -0.557. The summed E-state index contributed by atoms with van der Waals surface area (Å²) in [7, 11) is 0. The van der Waals surface area contributed by atoms with Gasteiger partial charge >= 0.3 is 0 Å². The van der Waals surface area contributed by atoms with Crippen molar-refractivity contribution in [2.75, 3.05) is 6.61 Å². The number of aliphatic hydroxyl groups excluding tert-OH is 1. The molecule has 1 aliphatic heterocycles. The van der Waals surface area contributed by atoms with Crippen LogP contribution in [0.3, 0.4) is 0 Å². The minimum absolute atomic E-state index is 0.272. The van der Waals surface area contributed by atoms with E-state index in [1.165, 1.54) is 0 Å². The largest absolute Gasteiger partial charge is 0.390 e. The van der Waals surface area contributed by atoms with E-state index in [0.29, 0.717) is 19.6 Å². The molecule has 1 aromatic carbocycles. The topological polar surface area (TPSA) is 38.7 Å². The first-order chi connectivity index (χ1) is 8.97. The quantitative estimate of drug-likeness (QED) is 0.888. The monoisotopic (exact) mass is 264 g/mol. The van der Waals surface area contributed by atoms with E-state index in [0.717, 1.165) is 12.0 Å². The number of aliphatic hydroxyl groups is 1. The summed E-state index contributed by atoms with van der Waals surface area (Å²) >= 11 is 0. The molecule has 3 nitrogen and oxygen atoms in total. The minimum Gasteiger partial charge on any atom is -0.390 e. The molecule has 0 saturated carbocycles. The molecular formula is C16H24O3. The zero-order valence-electron chi connectivity index (χ0n) is 12.1. The Morgan fingerprint density at radius 3 is 2.53 bits per heavy atom. The van der Waals surface area contributed by atoms with Gasteiger partial charge in [-0.1, -0.05) is 37.3 Å². The second-order valence-corrected chi connectivity index (χ2v) is 5.98. The number of ether oxygens (including phenoxy) is 2. The van der Waals surface area contributed by atoms with Gasteiger partial charge in [0.1, 0.15) is 5.60 Å². The highest BCUT2D eigenvalue weighted by Gasteiger charge is 2.50. The second-order valence-electron chi connectivity index (χ2n) is 5.98. The van der Waals surface area contributed by atoms with Crippen molar-refractivity contribution >= 4 is 0 Å². The molecule has 0 aromatic heterocycles. The molecule has 1 aliphatic rings. The van der Waals surface area contributed by atoms with Gasteiger partial charge in [0.15, 0.2) is 0 Å². The Bertz CT molecular complexity index is 402. The molecule has 1 N–H and O–H groups in total. The van der Waals surface area contributed by atoms with Crippen molar-refractivity contribution in [2.24, 2.45) is 0 Å². The Balaban J connectivity index is 1.93. The van der Waals surface area contributed by atoms with Crippen LogP contribution in [0, 0.1) is 0 Å². The van der Waals surface area contributed by atoms with Gasteiger partial charge in [-0.15, -0.1) is 0 Å². The van der Waals surface area contributed by atoms with Gasteiger partial charge in [-0.3, -0.25) is 0 Å². The molecule has 1 aromatic rings. The molecule has 0 aliphatic carbocycles. The molecule has 1 heterocycles. The molecular weight excluding hydrogens is 240 g/mol. The summed E-state index contributed by atoms with van der Waals surface area (Å²) in [6, 6.07) is 10.1. The zero-order valence-corrected chi connectivity index (χ0v) is 12.1. The van der Waals surface area contributed by atoms with Crippen molar-refractivity contribution in [1.29, 1.82) is 0 Å². The second kappa shape index (κ2) is 5.61. The molecule has 2 atom stereocenters. The van der Waals surface area contributed by atoms with Crippen molar-refractivity contribution < 1.29 is 14.6 Å². The molecule has 2 rings (SSSR count). The van der Waals surface area contributed by atoms with E-state index in [1.54, 1.807) is 0 Å². The van der Waals surface area contributed by atoms with Crippen LogP contribution in [0.15, 0.2) is 30.3 Å². The maximum absolute atomic E-state index is 10.3. The molecule has 0 spiro atoms. The third-order valence-electron chi connectivity index (χ3n) is 3.83. The summed E-state index contributed by atoms with van der Waals surface area (Å²) in [4.78, 5) is 0. The van der Waals surface area contributed by atoms with Gasteiger partial charge in [-0.05, 0) is 25.8 Å². The van der Waals surface area contributed by atoms with Crippen LogP contribution in [0.25, 0.3) is 0 Å². The summed E-state index contributed by atoms with van der Waals surface area (Å²) in [5, 5.41) is 10.3. The summed E-state index contributed by atoms with van der Waals surface area (Å²) in [6.45, 7) is 7.06. The van der Waals surface area contributed by atoms with Gasteiger partial charge in [0, 0.05) is 6.42 Å². The molecule has 3 heteroatoms. The maximum atomic E-state index is 10.3. The average Bonchev–Trinajstić information content (AvgIpc) is 2.61. The molecule has 19 heavy (non-hydrogen) atoms. The van der Waals surface area contributed by atoms with Gasteiger partial charge < -0.3 is 14.6 Å². The van der Waals surface area contributed by atoms with E-state index in [9.17, 15) is 5.11 Å². The fourth-order valence-corrected chi connectivity index (χ4v) is 2.76.